The van der Waals surface area contributed by atoms with Crippen LogP contribution >= 0.6 is 11.8 Å². The normalized spacial score (nSPS) is 15.6. The van der Waals surface area contributed by atoms with Gasteiger partial charge in [0.1, 0.15) is 11.6 Å². The lowest BCUT2D eigenvalue weighted by Gasteiger charge is -2.27. The summed E-state index contributed by atoms with van der Waals surface area (Å²) in [6.45, 7) is 6.49. The molecule has 1 aromatic carbocycles. The number of benzene rings is 1. The van der Waals surface area contributed by atoms with E-state index in [4.69, 9.17) is 4.74 Å². The third-order valence-corrected chi connectivity index (χ3v) is 5.71. The van der Waals surface area contributed by atoms with Crippen molar-refractivity contribution in [3.63, 3.8) is 0 Å². The van der Waals surface area contributed by atoms with Gasteiger partial charge in [0.15, 0.2) is 5.16 Å². The van der Waals surface area contributed by atoms with Crippen LogP contribution in [0, 0.1) is 0 Å². The molecule has 0 aliphatic carbocycles. The minimum Gasteiger partial charge on any atom is -0.494 e. The number of carbonyl (C=O) groups is 1. The SMILES string of the molecule is C=CCSc1nc(=O)c2c(n1C)NC(=O)CC2c1ccc(OCCCC)cc1. The molecule has 0 saturated heterocycles. The van der Waals surface area contributed by atoms with Crippen LogP contribution in [0.4, 0.5) is 5.82 Å². The van der Waals surface area contributed by atoms with Crippen molar-refractivity contribution in [3.05, 3.63) is 58.4 Å². The van der Waals surface area contributed by atoms with Gasteiger partial charge in [0.25, 0.3) is 5.56 Å². The average Bonchev–Trinajstić information content (AvgIpc) is 2.69. The molecule has 7 heteroatoms. The van der Waals surface area contributed by atoms with Gasteiger partial charge in [0, 0.05) is 25.1 Å². The molecule has 28 heavy (non-hydrogen) atoms. The molecule has 0 bridgehead atoms. The number of ether oxygens (including phenoxy) is 1. The predicted octanol–water partition coefficient (Wildman–Crippen LogP) is 3.71. The molecule has 0 radical (unpaired) electrons. The summed E-state index contributed by atoms with van der Waals surface area (Å²) in [5, 5.41) is 3.41. The van der Waals surface area contributed by atoms with Crippen molar-refractivity contribution in [1.82, 2.24) is 9.55 Å². The van der Waals surface area contributed by atoms with Crippen LogP contribution in [-0.4, -0.2) is 27.8 Å². The first-order valence-corrected chi connectivity index (χ1v) is 10.4. The summed E-state index contributed by atoms with van der Waals surface area (Å²) < 4.78 is 7.48. The maximum atomic E-state index is 12.8. The number of hydrogen-bond acceptors (Lipinski definition) is 5. The number of rotatable bonds is 8. The molecule has 0 fully saturated rings. The Labute approximate surface area is 169 Å². The fraction of sp³-hybridized carbons (Fsp3) is 0.381. The average molecular weight is 400 g/mol. The number of unbranched alkanes of at least 4 members (excludes halogenated alkanes) is 1. The highest BCUT2D eigenvalue weighted by Gasteiger charge is 2.32. The number of amides is 1. The van der Waals surface area contributed by atoms with E-state index in [1.54, 1.807) is 10.6 Å². The van der Waals surface area contributed by atoms with Crippen LogP contribution in [0.1, 0.15) is 43.2 Å². The predicted molar refractivity (Wildman–Crippen MR) is 112 cm³/mol. The molecule has 1 N–H and O–H groups in total. The molecule has 1 aliphatic rings. The highest BCUT2D eigenvalue weighted by Crippen LogP contribution is 2.36. The molecule has 2 aromatic rings. The van der Waals surface area contributed by atoms with Gasteiger partial charge in [-0.25, -0.2) is 0 Å². The van der Waals surface area contributed by atoms with E-state index in [-0.39, 0.29) is 23.8 Å². The van der Waals surface area contributed by atoms with E-state index in [9.17, 15) is 9.59 Å². The summed E-state index contributed by atoms with van der Waals surface area (Å²) in [5.74, 6) is 1.52. The molecule has 1 aliphatic heterocycles. The highest BCUT2D eigenvalue weighted by atomic mass is 32.2. The monoisotopic (exact) mass is 399 g/mol. The maximum absolute atomic E-state index is 12.8. The van der Waals surface area contributed by atoms with Gasteiger partial charge in [0.05, 0.1) is 12.2 Å². The third-order valence-electron chi connectivity index (χ3n) is 4.68. The van der Waals surface area contributed by atoms with Gasteiger partial charge in [-0.05, 0) is 24.1 Å². The summed E-state index contributed by atoms with van der Waals surface area (Å²) in [4.78, 5) is 29.4. The summed E-state index contributed by atoms with van der Waals surface area (Å²) in [7, 11) is 1.81. The molecule has 1 unspecified atom stereocenters. The first kappa shape index (κ1) is 20.2. The van der Waals surface area contributed by atoms with Crippen molar-refractivity contribution < 1.29 is 9.53 Å². The third kappa shape index (κ3) is 4.30. The number of nitrogens with zero attached hydrogens (tertiary/aromatic N) is 2. The number of hydrogen-bond donors (Lipinski definition) is 1. The quantitative estimate of drug-likeness (QED) is 0.317. The molecule has 0 saturated carbocycles. The van der Waals surface area contributed by atoms with Crippen LogP contribution in [0.15, 0.2) is 46.9 Å². The fourth-order valence-corrected chi connectivity index (χ4v) is 3.91. The van der Waals surface area contributed by atoms with Crippen LogP contribution < -0.4 is 15.6 Å². The van der Waals surface area contributed by atoms with Crippen LogP contribution in [0.5, 0.6) is 5.75 Å². The minimum absolute atomic E-state index is 0.110. The number of anilines is 1. The van der Waals surface area contributed by atoms with E-state index in [1.807, 2.05) is 31.3 Å². The summed E-state index contributed by atoms with van der Waals surface area (Å²) >= 11 is 1.41. The van der Waals surface area contributed by atoms with Gasteiger partial charge in [-0.15, -0.1) is 6.58 Å². The van der Waals surface area contributed by atoms with Gasteiger partial charge in [-0.1, -0.05) is 43.3 Å². The van der Waals surface area contributed by atoms with Gasteiger partial charge in [-0.3, -0.25) is 9.59 Å². The van der Waals surface area contributed by atoms with E-state index in [1.165, 1.54) is 11.8 Å². The Hall–Kier alpha value is -2.54. The van der Waals surface area contributed by atoms with Crippen LogP contribution in [0.2, 0.25) is 0 Å². The minimum atomic E-state index is -0.321. The maximum Gasteiger partial charge on any atom is 0.279 e. The Balaban J connectivity index is 1.94. The second-order valence-electron chi connectivity index (χ2n) is 6.70. The highest BCUT2D eigenvalue weighted by molar-refractivity contribution is 7.99. The lowest BCUT2D eigenvalue weighted by molar-refractivity contribution is -0.116. The molecule has 1 amide bonds. The Morgan fingerprint density at radius 2 is 2.11 bits per heavy atom. The lowest BCUT2D eigenvalue weighted by Crippen LogP contribution is -2.33. The number of fused-ring (bicyclic) bond motifs is 1. The number of aromatic nitrogens is 2. The molecule has 148 valence electrons. The van der Waals surface area contributed by atoms with Crippen LogP contribution in [-0.2, 0) is 11.8 Å². The topological polar surface area (TPSA) is 73.2 Å². The summed E-state index contributed by atoms with van der Waals surface area (Å²) in [5.41, 5.74) is 1.14. The smallest absolute Gasteiger partial charge is 0.279 e. The zero-order valence-electron chi connectivity index (χ0n) is 16.2. The van der Waals surface area contributed by atoms with E-state index < -0.39 is 0 Å². The van der Waals surface area contributed by atoms with Gasteiger partial charge < -0.3 is 14.6 Å². The van der Waals surface area contributed by atoms with E-state index in [0.29, 0.717) is 28.9 Å². The van der Waals surface area contributed by atoms with Gasteiger partial charge in [-0.2, -0.15) is 4.98 Å². The zero-order valence-corrected chi connectivity index (χ0v) is 17.1. The Morgan fingerprint density at radius 1 is 1.36 bits per heavy atom. The number of thioether (sulfide) groups is 1. The van der Waals surface area contributed by atoms with Crippen LogP contribution in [0.3, 0.4) is 0 Å². The van der Waals surface area contributed by atoms with Crippen molar-refractivity contribution in [2.24, 2.45) is 7.05 Å². The first-order valence-electron chi connectivity index (χ1n) is 9.42. The lowest BCUT2D eigenvalue weighted by atomic mass is 9.87. The van der Waals surface area contributed by atoms with Crippen LogP contribution in [0.25, 0.3) is 0 Å². The Kier molecular flexibility index (Phi) is 6.57. The second-order valence-corrected chi connectivity index (χ2v) is 7.68. The summed E-state index contributed by atoms with van der Waals surface area (Å²) in [6.07, 6.45) is 4.06. The Morgan fingerprint density at radius 3 is 2.79 bits per heavy atom. The van der Waals surface area contributed by atoms with Crippen molar-refractivity contribution in [2.75, 3.05) is 17.7 Å². The molecule has 3 rings (SSSR count). The molecule has 2 heterocycles. The van der Waals surface area contributed by atoms with Gasteiger partial charge >= 0.3 is 0 Å². The standard InChI is InChI=1S/C21H25N3O3S/c1-4-6-11-27-15-9-7-14(8-10-15)16-13-17(25)22-19-18(16)20(26)23-21(24(19)3)28-12-5-2/h5,7-10,16H,2,4,6,11-13H2,1,3H3,(H,22,25). The fourth-order valence-electron chi connectivity index (χ4n) is 3.21. The van der Waals surface area contributed by atoms with E-state index in [0.717, 1.165) is 24.2 Å². The molecular weight excluding hydrogens is 374 g/mol. The molecular formula is C21H25N3O3S. The van der Waals surface area contributed by atoms with E-state index >= 15 is 0 Å². The largest absolute Gasteiger partial charge is 0.494 e. The molecule has 1 atom stereocenters. The number of nitrogens with one attached hydrogen (secondary N) is 1. The molecule has 1 aromatic heterocycles. The first-order chi connectivity index (χ1) is 13.5. The molecule has 0 spiro atoms. The van der Waals surface area contributed by atoms with E-state index in [2.05, 4.69) is 23.8 Å². The van der Waals surface area contributed by atoms with Crippen molar-refractivity contribution in [2.45, 2.75) is 37.3 Å². The van der Waals surface area contributed by atoms with Gasteiger partial charge in [0.2, 0.25) is 5.91 Å². The summed E-state index contributed by atoms with van der Waals surface area (Å²) in [6, 6.07) is 7.63. The van der Waals surface area contributed by atoms with Crippen molar-refractivity contribution in [3.8, 4) is 5.75 Å². The second kappa shape index (κ2) is 9.10. The number of carbonyl (C=O) groups excluding carboxylic acids is 1. The van der Waals surface area contributed by atoms with Crippen molar-refractivity contribution in [1.29, 1.82) is 0 Å². The van der Waals surface area contributed by atoms with Crippen molar-refractivity contribution >= 4 is 23.5 Å². The molecule has 6 nitrogen and oxygen atoms in total. The zero-order chi connectivity index (χ0) is 20.1. The Bertz CT molecular complexity index is 922.